The molecule has 0 spiro atoms. The highest BCUT2D eigenvalue weighted by Gasteiger charge is 2.32. The molecule has 1 aliphatic heterocycles. The third-order valence-corrected chi connectivity index (χ3v) is 4.40. The number of fused-ring (bicyclic) bond motifs is 1. The van der Waals surface area contributed by atoms with Gasteiger partial charge in [-0.1, -0.05) is 45.9 Å². The maximum absolute atomic E-state index is 12.4. The first-order valence-corrected chi connectivity index (χ1v) is 7.98. The van der Waals surface area contributed by atoms with E-state index < -0.39 is 6.10 Å². The number of rotatable bonds is 5. The van der Waals surface area contributed by atoms with E-state index in [1.807, 2.05) is 52.0 Å². The normalized spacial score (nSPS) is 19.3. The molecule has 4 heteroatoms. The number of benzene rings is 1. The Labute approximate surface area is 132 Å². The summed E-state index contributed by atoms with van der Waals surface area (Å²) < 4.78 is 5.66. The Morgan fingerprint density at radius 1 is 1.41 bits per heavy atom. The quantitative estimate of drug-likeness (QED) is 0.878. The standard InChI is InChI=1S/C18H27NO3/c1-12(2)16(20)18(3,4)11-19-17(21)14-9-13-7-5-6-8-15(13)22-10-14/h5-8,12,14,16,20H,9-11H2,1-4H3,(H,19,21). The van der Waals surface area contributed by atoms with Crippen molar-refractivity contribution in [3.63, 3.8) is 0 Å². The Morgan fingerprint density at radius 3 is 2.77 bits per heavy atom. The van der Waals surface area contributed by atoms with Crippen molar-refractivity contribution in [2.24, 2.45) is 17.3 Å². The number of amides is 1. The van der Waals surface area contributed by atoms with E-state index in [0.29, 0.717) is 19.6 Å². The number of hydrogen-bond acceptors (Lipinski definition) is 3. The summed E-state index contributed by atoms with van der Waals surface area (Å²) in [6.45, 7) is 8.80. The van der Waals surface area contributed by atoms with Gasteiger partial charge in [0, 0.05) is 12.0 Å². The molecule has 0 bridgehead atoms. The number of aliphatic hydroxyl groups is 1. The fourth-order valence-corrected chi connectivity index (χ4v) is 2.96. The molecule has 2 atom stereocenters. The molecule has 0 fully saturated rings. The SMILES string of the molecule is CC(C)C(O)C(C)(C)CNC(=O)C1COc2ccccc2C1. The van der Waals surface area contributed by atoms with Gasteiger partial charge >= 0.3 is 0 Å². The maximum Gasteiger partial charge on any atom is 0.226 e. The number of aliphatic hydroxyl groups excluding tert-OH is 1. The molecule has 2 unspecified atom stereocenters. The van der Waals surface area contributed by atoms with E-state index in [1.54, 1.807) is 0 Å². The highest BCUT2D eigenvalue weighted by Crippen LogP contribution is 2.28. The van der Waals surface area contributed by atoms with Crippen LogP contribution in [0.1, 0.15) is 33.3 Å². The van der Waals surface area contributed by atoms with Crippen molar-refractivity contribution in [1.29, 1.82) is 0 Å². The molecule has 1 aliphatic rings. The second-order valence-corrected chi connectivity index (χ2v) is 7.22. The fraction of sp³-hybridized carbons (Fsp3) is 0.611. The molecule has 0 aliphatic carbocycles. The van der Waals surface area contributed by atoms with Crippen LogP contribution in [0.25, 0.3) is 0 Å². The smallest absolute Gasteiger partial charge is 0.226 e. The van der Waals surface area contributed by atoms with Crippen LogP contribution in [0.15, 0.2) is 24.3 Å². The number of hydrogen-bond donors (Lipinski definition) is 2. The highest BCUT2D eigenvalue weighted by molar-refractivity contribution is 5.79. The Bertz CT molecular complexity index is 525. The molecule has 1 aromatic carbocycles. The van der Waals surface area contributed by atoms with Crippen LogP contribution in [0.2, 0.25) is 0 Å². The number of ether oxygens (including phenoxy) is 1. The lowest BCUT2D eigenvalue weighted by Crippen LogP contribution is -2.46. The van der Waals surface area contributed by atoms with Gasteiger partial charge in [0.2, 0.25) is 5.91 Å². The minimum absolute atomic E-state index is 0.00136. The van der Waals surface area contributed by atoms with Gasteiger partial charge in [0.15, 0.2) is 0 Å². The van der Waals surface area contributed by atoms with Gasteiger partial charge in [-0.15, -0.1) is 0 Å². The van der Waals surface area contributed by atoms with E-state index in [-0.39, 0.29) is 23.2 Å². The predicted octanol–water partition coefficient (Wildman–Crippen LogP) is 2.40. The van der Waals surface area contributed by atoms with Crippen LogP contribution in [0.3, 0.4) is 0 Å². The molecule has 0 aromatic heterocycles. The van der Waals surface area contributed by atoms with Crippen molar-refractivity contribution in [2.45, 2.75) is 40.2 Å². The van der Waals surface area contributed by atoms with Crippen molar-refractivity contribution in [1.82, 2.24) is 5.32 Å². The second kappa shape index (κ2) is 6.69. The average Bonchev–Trinajstić information content (AvgIpc) is 2.51. The molecule has 1 heterocycles. The molecule has 2 rings (SSSR count). The van der Waals surface area contributed by atoms with Crippen LogP contribution in [0.5, 0.6) is 5.75 Å². The molecular weight excluding hydrogens is 278 g/mol. The lowest BCUT2D eigenvalue weighted by Gasteiger charge is -2.34. The molecular formula is C18H27NO3. The van der Waals surface area contributed by atoms with Gasteiger partial charge < -0.3 is 15.2 Å². The third kappa shape index (κ3) is 3.80. The van der Waals surface area contributed by atoms with Crippen LogP contribution < -0.4 is 10.1 Å². The summed E-state index contributed by atoms with van der Waals surface area (Å²) in [6.07, 6.45) is 0.256. The summed E-state index contributed by atoms with van der Waals surface area (Å²) in [4.78, 5) is 12.4. The topological polar surface area (TPSA) is 58.6 Å². The van der Waals surface area contributed by atoms with Gasteiger partial charge in [-0.3, -0.25) is 4.79 Å². The van der Waals surface area contributed by atoms with Crippen LogP contribution in [-0.2, 0) is 11.2 Å². The Hall–Kier alpha value is -1.55. The first-order valence-electron chi connectivity index (χ1n) is 7.98. The van der Waals surface area contributed by atoms with Crippen LogP contribution in [0, 0.1) is 17.3 Å². The predicted molar refractivity (Wildman–Crippen MR) is 86.8 cm³/mol. The van der Waals surface area contributed by atoms with E-state index in [9.17, 15) is 9.90 Å². The zero-order valence-corrected chi connectivity index (χ0v) is 13.9. The van der Waals surface area contributed by atoms with Crippen molar-refractivity contribution < 1.29 is 14.6 Å². The third-order valence-electron chi connectivity index (χ3n) is 4.40. The molecule has 22 heavy (non-hydrogen) atoms. The molecule has 2 N–H and O–H groups in total. The van der Waals surface area contributed by atoms with Gasteiger partial charge in [-0.2, -0.15) is 0 Å². The maximum atomic E-state index is 12.4. The average molecular weight is 305 g/mol. The summed E-state index contributed by atoms with van der Waals surface area (Å²) in [7, 11) is 0. The Kier molecular flexibility index (Phi) is 5.12. The Balaban J connectivity index is 1.91. The van der Waals surface area contributed by atoms with Crippen molar-refractivity contribution >= 4 is 5.91 Å². The van der Waals surface area contributed by atoms with Gasteiger partial charge in [0.25, 0.3) is 0 Å². The molecule has 122 valence electrons. The molecule has 0 saturated heterocycles. The Morgan fingerprint density at radius 2 is 2.09 bits per heavy atom. The summed E-state index contributed by atoms with van der Waals surface area (Å²) >= 11 is 0. The van der Waals surface area contributed by atoms with Crippen molar-refractivity contribution in [2.75, 3.05) is 13.2 Å². The monoisotopic (exact) mass is 305 g/mol. The number of carbonyl (C=O) groups excluding carboxylic acids is 1. The van der Waals surface area contributed by atoms with Gasteiger partial charge in [-0.25, -0.2) is 0 Å². The minimum atomic E-state index is -0.448. The zero-order valence-electron chi connectivity index (χ0n) is 13.9. The summed E-state index contributed by atoms with van der Waals surface area (Å²) in [5.41, 5.74) is 0.729. The first kappa shape index (κ1) is 16.8. The van der Waals surface area contributed by atoms with E-state index in [2.05, 4.69) is 5.32 Å². The second-order valence-electron chi connectivity index (χ2n) is 7.22. The number of para-hydroxylation sites is 1. The fourth-order valence-electron chi connectivity index (χ4n) is 2.96. The highest BCUT2D eigenvalue weighted by atomic mass is 16.5. The molecule has 1 amide bonds. The van der Waals surface area contributed by atoms with Crippen LogP contribution in [-0.4, -0.2) is 30.3 Å². The van der Waals surface area contributed by atoms with Crippen molar-refractivity contribution in [3.05, 3.63) is 29.8 Å². The van der Waals surface area contributed by atoms with Crippen LogP contribution in [0.4, 0.5) is 0 Å². The van der Waals surface area contributed by atoms with E-state index in [1.165, 1.54) is 0 Å². The zero-order chi connectivity index (χ0) is 16.3. The van der Waals surface area contributed by atoms with E-state index in [4.69, 9.17) is 4.74 Å². The number of carbonyl (C=O) groups is 1. The van der Waals surface area contributed by atoms with Gasteiger partial charge in [-0.05, 0) is 24.0 Å². The minimum Gasteiger partial charge on any atom is -0.492 e. The lowest BCUT2D eigenvalue weighted by molar-refractivity contribution is -0.127. The first-order chi connectivity index (χ1) is 10.3. The van der Waals surface area contributed by atoms with Gasteiger partial charge in [0.05, 0.1) is 12.0 Å². The molecule has 1 aromatic rings. The largest absolute Gasteiger partial charge is 0.492 e. The molecule has 4 nitrogen and oxygen atoms in total. The summed E-state index contributed by atoms with van der Waals surface area (Å²) in [6, 6.07) is 7.84. The van der Waals surface area contributed by atoms with E-state index in [0.717, 1.165) is 11.3 Å². The summed E-state index contributed by atoms with van der Waals surface area (Å²) in [5, 5.41) is 13.2. The number of nitrogens with one attached hydrogen (secondary N) is 1. The van der Waals surface area contributed by atoms with Gasteiger partial charge in [0.1, 0.15) is 12.4 Å². The molecule has 0 radical (unpaired) electrons. The van der Waals surface area contributed by atoms with E-state index >= 15 is 0 Å². The van der Waals surface area contributed by atoms with Crippen LogP contribution >= 0.6 is 0 Å². The summed E-state index contributed by atoms with van der Waals surface area (Å²) in [5.74, 6) is 0.874. The van der Waals surface area contributed by atoms with Crippen molar-refractivity contribution in [3.8, 4) is 5.75 Å². The molecule has 0 saturated carbocycles. The lowest BCUT2D eigenvalue weighted by atomic mass is 9.80.